The van der Waals surface area contributed by atoms with Crippen molar-refractivity contribution in [3.8, 4) is 0 Å². The molecule has 2 aliphatic heterocycles. The number of piperidine rings is 1. The van der Waals surface area contributed by atoms with Crippen LogP contribution in [0, 0.1) is 5.92 Å². The van der Waals surface area contributed by atoms with E-state index in [0.717, 1.165) is 19.5 Å². The second-order valence-corrected chi connectivity index (χ2v) is 11.8. The number of amides is 1. The Labute approximate surface area is 178 Å². The Morgan fingerprint density at radius 3 is 2.43 bits per heavy atom. The summed E-state index contributed by atoms with van der Waals surface area (Å²) < 4.78 is 53.5. The Hall–Kier alpha value is -1.53. The molecule has 0 aromatic heterocycles. The molecule has 168 valence electrons. The summed E-state index contributed by atoms with van der Waals surface area (Å²) in [5.41, 5.74) is 0. The lowest BCUT2D eigenvalue weighted by Crippen LogP contribution is -2.47. The minimum absolute atomic E-state index is 0.0293. The first-order valence-corrected chi connectivity index (χ1v) is 13.1. The summed E-state index contributed by atoms with van der Waals surface area (Å²) in [6.07, 6.45) is 2.13. The van der Waals surface area contributed by atoms with Crippen molar-refractivity contribution in [1.29, 1.82) is 0 Å². The molecule has 3 rings (SSSR count). The molecule has 2 saturated heterocycles. The number of rotatable bonds is 7. The Kier molecular flexibility index (Phi) is 7.18. The number of carbonyl (C=O) groups excluding carboxylic acids is 1. The zero-order valence-electron chi connectivity index (χ0n) is 17.4. The minimum Gasteiger partial charge on any atom is -0.352 e. The summed E-state index contributed by atoms with van der Waals surface area (Å²) in [5.74, 6) is -0.486. The molecule has 2 heterocycles. The van der Waals surface area contributed by atoms with Gasteiger partial charge < -0.3 is 10.6 Å². The van der Waals surface area contributed by atoms with Gasteiger partial charge in [0.25, 0.3) is 0 Å². The first-order valence-electron chi connectivity index (χ1n) is 10.2. The Bertz CT molecular complexity index is 957. The molecule has 0 aliphatic carbocycles. The monoisotopic (exact) mass is 458 g/mol. The molecule has 9 nitrogen and oxygen atoms in total. The van der Waals surface area contributed by atoms with Crippen LogP contribution in [0.3, 0.4) is 0 Å². The van der Waals surface area contributed by atoms with Gasteiger partial charge in [0.1, 0.15) is 0 Å². The number of benzene rings is 1. The molecule has 11 heteroatoms. The number of hydrogen-bond acceptors (Lipinski definition) is 6. The van der Waals surface area contributed by atoms with E-state index >= 15 is 0 Å². The SMILES string of the molecule is CCN(C)S(=O)(=O)c1ccc(S(=O)(=O)N2CCC[C@@H](C(=O)N[C@@H]3CCNC3)C2)cc1. The van der Waals surface area contributed by atoms with Gasteiger partial charge in [0.2, 0.25) is 26.0 Å². The summed E-state index contributed by atoms with van der Waals surface area (Å²) in [7, 11) is -5.98. The summed E-state index contributed by atoms with van der Waals surface area (Å²) in [5, 5.41) is 6.20. The molecule has 0 bridgehead atoms. The van der Waals surface area contributed by atoms with E-state index in [-0.39, 0.29) is 34.2 Å². The maximum absolute atomic E-state index is 13.1. The van der Waals surface area contributed by atoms with E-state index in [1.807, 2.05) is 0 Å². The third-order valence-electron chi connectivity index (χ3n) is 5.78. The van der Waals surface area contributed by atoms with Crippen molar-refractivity contribution < 1.29 is 21.6 Å². The number of hydrogen-bond donors (Lipinski definition) is 2. The van der Waals surface area contributed by atoms with Crippen LogP contribution in [0.5, 0.6) is 0 Å². The molecule has 0 spiro atoms. The first kappa shape index (κ1) is 23.1. The fraction of sp³-hybridized carbons (Fsp3) is 0.632. The van der Waals surface area contributed by atoms with Crippen LogP contribution in [0.25, 0.3) is 0 Å². The molecule has 30 heavy (non-hydrogen) atoms. The highest BCUT2D eigenvalue weighted by Crippen LogP contribution is 2.25. The number of sulfonamides is 2. The third kappa shape index (κ3) is 4.86. The molecule has 2 N–H and O–H groups in total. The van der Waals surface area contributed by atoms with Gasteiger partial charge in [-0.1, -0.05) is 6.92 Å². The highest BCUT2D eigenvalue weighted by Gasteiger charge is 2.34. The normalized spacial score (nSPS) is 23.6. The van der Waals surface area contributed by atoms with Gasteiger partial charge in [0.05, 0.1) is 15.7 Å². The molecule has 0 saturated carbocycles. The second kappa shape index (κ2) is 9.31. The predicted molar refractivity (Wildman–Crippen MR) is 113 cm³/mol. The lowest BCUT2D eigenvalue weighted by atomic mass is 9.98. The second-order valence-electron chi connectivity index (χ2n) is 7.79. The Morgan fingerprint density at radius 2 is 1.83 bits per heavy atom. The van der Waals surface area contributed by atoms with Crippen molar-refractivity contribution in [3.63, 3.8) is 0 Å². The average Bonchev–Trinajstić information content (AvgIpc) is 3.26. The van der Waals surface area contributed by atoms with Crippen molar-refractivity contribution in [2.45, 2.75) is 42.0 Å². The van der Waals surface area contributed by atoms with Gasteiger partial charge in [-0.05, 0) is 50.1 Å². The van der Waals surface area contributed by atoms with E-state index in [0.29, 0.717) is 25.9 Å². The van der Waals surface area contributed by atoms with Gasteiger partial charge >= 0.3 is 0 Å². The molecular weight excluding hydrogens is 428 g/mol. The number of carbonyl (C=O) groups is 1. The van der Waals surface area contributed by atoms with Gasteiger partial charge in [-0.15, -0.1) is 0 Å². The third-order valence-corrected chi connectivity index (χ3v) is 9.60. The van der Waals surface area contributed by atoms with Crippen molar-refractivity contribution >= 4 is 26.0 Å². The van der Waals surface area contributed by atoms with E-state index in [9.17, 15) is 21.6 Å². The molecule has 2 fully saturated rings. The van der Waals surface area contributed by atoms with Gasteiger partial charge in [0.15, 0.2) is 0 Å². The van der Waals surface area contributed by atoms with Gasteiger partial charge in [-0.3, -0.25) is 4.79 Å². The average molecular weight is 459 g/mol. The molecule has 1 amide bonds. The van der Waals surface area contributed by atoms with E-state index in [4.69, 9.17) is 0 Å². The summed E-state index contributed by atoms with van der Waals surface area (Å²) in [6, 6.07) is 5.37. The van der Waals surface area contributed by atoms with Crippen LogP contribution in [0.15, 0.2) is 34.1 Å². The van der Waals surface area contributed by atoms with Gasteiger partial charge in [-0.2, -0.15) is 4.31 Å². The van der Waals surface area contributed by atoms with Crippen LogP contribution < -0.4 is 10.6 Å². The largest absolute Gasteiger partial charge is 0.352 e. The summed E-state index contributed by atoms with van der Waals surface area (Å²) in [6.45, 7) is 4.13. The lowest BCUT2D eigenvalue weighted by molar-refractivity contribution is -0.126. The smallest absolute Gasteiger partial charge is 0.243 e. The maximum atomic E-state index is 13.1. The minimum atomic E-state index is -3.81. The molecule has 0 radical (unpaired) electrons. The van der Waals surface area contributed by atoms with Crippen molar-refractivity contribution in [2.24, 2.45) is 5.92 Å². The molecule has 1 aromatic carbocycles. The zero-order valence-corrected chi connectivity index (χ0v) is 19.0. The quantitative estimate of drug-likeness (QED) is 0.603. The van der Waals surface area contributed by atoms with Crippen LogP contribution >= 0.6 is 0 Å². The highest BCUT2D eigenvalue weighted by atomic mass is 32.2. The molecule has 2 aliphatic rings. The van der Waals surface area contributed by atoms with Crippen LogP contribution in [0.2, 0.25) is 0 Å². The highest BCUT2D eigenvalue weighted by molar-refractivity contribution is 7.89. The first-order chi connectivity index (χ1) is 14.2. The molecule has 2 atom stereocenters. The number of nitrogens with one attached hydrogen (secondary N) is 2. The molecule has 1 aromatic rings. The van der Waals surface area contributed by atoms with E-state index in [2.05, 4.69) is 10.6 Å². The Balaban J connectivity index is 1.72. The van der Waals surface area contributed by atoms with Gasteiger partial charge in [0, 0.05) is 39.3 Å². The predicted octanol–water partition coefficient (Wildman–Crippen LogP) is 0.206. The van der Waals surface area contributed by atoms with E-state index in [1.165, 1.54) is 39.9 Å². The topological polar surface area (TPSA) is 116 Å². The van der Waals surface area contributed by atoms with Crippen LogP contribution in [-0.2, 0) is 24.8 Å². The van der Waals surface area contributed by atoms with E-state index in [1.54, 1.807) is 6.92 Å². The number of nitrogens with zero attached hydrogens (tertiary/aromatic N) is 2. The standard InChI is InChI=1S/C19H30N4O5S2/c1-3-22(2)29(25,26)17-6-8-18(9-7-17)30(27,28)23-12-4-5-15(14-23)19(24)21-16-10-11-20-13-16/h6-9,15-16,20H,3-5,10-14H2,1-2H3,(H,21,24)/t15-,16-/m1/s1. The van der Waals surface area contributed by atoms with Crippen molar-refractivity contribution in [2.75, 3.05) is 39.8 Å². The van der Waals surface area contributed by atoms with Crippen molar-refractivity contribution in [3.05, 3.63) is 24.3 Å². The van der Waals surface area contributed by atoms with E-state index < -0.39 is 20.0 Å². The fourth-order valence-corrected chi connectivity index (χ4v) is 6.46. The maximum Gasteiger partial charge on any atom is 0.243 e. The summed E-state index contributed by atoms with van der Waals surface area (Å²) in [4.78, 5) is 12.7. The molecule has 0 unspecified atom stereocenters. The fourth-order valence-electron chi connectivity index (χ4n) is 3.75. The van der Waals surface area contributed by atoms with Crippen LogP contribution in [0.4, 0.5) is 0 Å². The Morgan fingerprint density at radius 1 is 1.17 bits per heavy atom. The van der Waals surface area contributed by atoms with Crippen molar-refractivity contribution in [1.82, 2.24) is 19.2 Å². The zero-order chi connectivity index (χ0) is 21.9. The van der Waals surface area contributed by atoms with Crippen LogP contribution in [-0.4, -0.2) is 77.2 Å². The lowest BCUT2D eigenvalue weighted by Gasteiger charge is -2.31. The van der Waals surface area contributed by atoms with Gasteiger partial charge in [-0.25, -0.2) is 21.1 Å². The summed E-state index contributed by atoms with van der Waals surface area (Å²) >= 11 is 0. The van der Waals surface area contributed by atoms with Crippen LogP contribution in [0.1, 0.15) is 26.2 Å². The molecular formula is C19H30N4O5S2.